The molecule has 1 aromatic heterocycles. The fourth-order valence-corrected chi connectivity index (χ4v) is 3.92. The van der Waals surface area contributed by atoms with Crippen molar-refractivity contribution in [2.24, 2.45) is 7.05 Å². The van der Waals surface area contributed by atoms with Gasteiger partial charge in [-0.15, -0.1) is 10.2 Å². The number of sulfone groups is 1. The van der Waals surface area contributed by atoms with Gasteiger partial charge in [0.1, 0.15) is 5.82 Å². The van der Waals surface area contributed by atoms with E-state index in [9.17, 15) is 13.2 Å². The highest BCUT2D eigenvalue weighted by atomic mass is 32.2. The average Bonchev–Trinajstić information content (AvgIpc) is 3.29. The maximum atomic E-state index is 12.1. The summed E-state index contributed by atoms with van der Waals surface area (Å²) in [5.74, 6) is 1.30. The van der Waals surface area contributed by atoms with E-state index in [1.165, 1.54) is 17.8 Å². The summed E-state index contributed by atoms with van der Waals surface area (Å²) in [6, 6.07) is 6.36. The highest BCUT2D eigenvalue weighted by Gasteiger charge is 2.29. The molecule has 0 aliphatic heterocycles. The normalized spacial score (nSPS) is 14.6. The first kappa shape index (κ1) is 17.0. The molecule has 0 spiro atoms. The molecule has 128 valence electrons. The molecule has 24 heavy (non-hydrogen) atoms. The Morgan fingerprint density at radius 3 is 2.71 bits per heavy atom. The number of carbonyl (C=O) groups excluding carboxylic acids is 1. The van der Waals surface area contributed by atoms with Crippen LogP contribution in [-0.4, -0.2) is 41.1 Å². The number of carbonyl (C=O) groups is 1. The van der Waals surface area contributed by atoms with Crippen LogP contribution in [0.1, 0.15) is 24.6 Å². The van der Waals surface area contributed by atoms with E-state index in [4.69, 9.17) is 0 Å². The summed E-state index contributed by atoms with van der Waals surface area (Å²) in [7, 11) is -1.50. The lowest BCUT2D eigenvalue weighted by Gasteiger charge is -2.09. The number of rotatable bonds is 6. The van der Waals surface area contributed by atoms with Gasteiger partial charge in [-0.3, -0.25) is 4.79 Å². The fourth-order valence-electron chi connectivity index (χ4n) is 2.36. The number of para-hydroxylation sites is 1. The van der Waals surface area contributed by atoms with E-state index in [1.807, 2.05) is 11.6 Å². The number of thioether (sulfide) groups is 1. The number of hydrogen-bond acceptors (Lipinski definition) is 6. The summed E-state index contributed by atoms with van der Waals surface area (Å²) in [5, 5.41) is 11.6. The van der Waals surface area contributed by atoms with E-state index in [0.29, 0.717) is 16.8 Å². The number of hydrogen-bond donors (Lipinski definition) is 1. The first-order chi connectivity index (χ1) is 11.4. The van der Waals surface area contributed by atoms with Crippen LogP contribution in [0.5, 0.6) is 0 Å². The standard InChI is InChI=1S/C15H18N4O3S2/c1-19-14(10-7-8-10)17-18-15(19)23-9-13(20)16-11-5-3-4-6-12(11)24(2,21)22/h3-6,10H,7-9H2,1-2H3,(H,16,20). The van der Waals surface area contributed by atoms with E-state index in [1.54, 1.807) is 18.2 Å². The smallest absolute Gasteiger partial charge is 0.234 e. The lowest BCUT2D eigenvalue weighted by Crippen LogP contribution is -2.16. The number of aromatic nitrogens is 3. The van der Waals surface area contributed by atoms with Crippen LogP contribution in [0, 0.1) is 0 Å². The topological polar surface area (TPSA) is 94.0 Å². The Bertz CT molecular complexity index is 873. The van der Waals surface area contributed by atoms with Gasteiger partial charge in [-0.05, 0) is 25.0 Å². The second-order valence-electron chi connectivity index (χ2n) is 5.78. The molecule has 1 heterocycles. The van der Waals surface area contributed by atoms with Crippen LogP contribution in [0.3, 0.4) is 0 Å². The van der Waals surface area contributed by atoms with Gasteiger partial charge in [0.05, 0.1) is 16.3 Å². The van der Waals surface area contributed by atoms with Gasteiger partial charge >= 0.3 is 0 Å². The van der Waals surface area contributed by atoms with E-state index in [0.717, 1.165) is 24.9 Å². The number of anilines is 1. The Labute approximate surface area is 144 Å². The maximum Gasteiger partial charge on any atom is 0.234 e. The first-order valence-corrected chi connectivity index (χ1v) is 10.3. The minimum Gasteiger partial charge on any atom is -0.324 e. The van der Waals surface area contributed by atoms with Crippen LogP contribution in [0.15, 0.2) is 34.3 Å². The van der Waals surface area contributed by atoms with Gasteiger partial charge < -0.3 is 9.88 Å². The number of amides is 1. The third-order valence-electron chi connectivity index (χ3n) is 3.70. The molecule has 1 aliphatic carbocycles. The third-order valence-corrected chi connectivity index (χ3v) is 5.88. The van der Waals surface area contributed by atoms with Crippen LogP contribution >= 0.6 is 11.8 Å². The van der Waals surface area contributed by atoms with Gasteiger partial charge in [0, 0.05) is 19.2 Å². The molecule has 0 atom stereocenters. The molecule has 2 aromatic rings. The van der Waals surface area contributed by atoms with Crippen molar-refractivity contribution in [3.63, 3.8) is 0 Å². The minimum atomic E-state index is -3.40. The number of nitrogens with zero attached hydrogens (tertiary/aromatic N) is 3. The van der Waals surface area contributed by atoms with Gasteiger partial charge in [0.15, 0.2) is 15.0 Å². The number of nitrogens with one attached hydrogen (secondary N) is 1. The van der Waals surface area contributed by atoms with Gasteiger partial charge in [0.25, 0.3) is 0 Å². The van der Waals surface area contributed by atoms with Crippen molar-refractivity contribution in [1.82, 2.24) is 14.8 Å². The number of benzene rings is 1. The molecule has 0 radical (unpaired) electrons. The van der Waals surface area contributed by atoms with Crippen LogP contribution in [-0.2, 0) is 21.7 Å². The Hall–Kier alpha value is -1.87. The molecule has 3 rings (SSSR count). The molecule has 1 aromatic carbocycles. The summed E-state index contributed by atoms with van der Waals surface area (Å²) in [5.41, 5.74) is 0.294. The summed E-state index contributed by atoms with van der Waals surface area (Å²) in [6.45, 7) is 0. The zero-order chi connectivity index (χ0) is 17.3. The van der Waals surface area contributed by atoms with Gasteiger partial charge in [-0.25, -0.2) is 8.42 Å². The zero-order valence-electron chi connectivity index (χ0n) is 13.4. The van der Waals surface area contributed by atoms with E-state index < -0.39 is 9.84 Å². The summed E-state index contributed by atoms with van der Waals surface area (Å²) >= 11 is 1.28. The van der Waals surface area contributed by atoms with Crippen LogP contribution < -0.4 is 5.32 Å². The van der Waals surface area contributed by atoms with Gasteiger partial charge in [-0.1, -0.05) is 23.9 Å². The van der Waals surface area contributed by atoms with Gasteiger partial charge in [-0.2, -0.15) is 0 Å². The molecule has 0 bridgehead atoms. The van der Waals surface area contributed by atoms with Crippen LogP contribution in [0.2, 0.25) is 0 Å². The molecule has 7 nitrogen and oxygen atoms in total. The molecular formula is C15H18N4O3S2. The quantitative estimate of drug-likeness (QED) is 0.784. The molecule has 0 saturated heterocycles. The second-order valence-corrected chi connectivity index (χ2v) is 8.71. The molecule has 1 fully saturated rings. The van der Waals surface area contributed by atoms with E-state index >= 15 is 0 Å². The van der Waals surface area contributed by atoms with Crippen molar-refractivity contribution >= 4 is 33.2 Å². The van der Waals surface area contributed by atoms with Crippen molar-refractivity contribution < 1.29 is 13.2 Å². The van der Waals surface area contributed by atoms with E-state index in [-0.39, 0.29) is 16.6 Å². The first-order valence-electron chi connectivity index (χ1n) is 7.47. The Balaban J connectivity index is 1.65. The second kappa shape index (κ2) is 6.56. The predicted octanol–water partition coefficient (Wildman–Crippen LogP) is 1.83. The molecule has 9 heteroatoms. The van der Waals surface area contributed by atoms with Crippen molar-refractivity contribution in [3.8, 4) is 0 Å². The average molecular weight is 366 g/mol. The molecule has 1 amide bonds. The van der Waals surface area contributed by atoms with Gasteiger partial charge in [0.2, 0.25) is 5.91 Å². The summed E-state index contributed by atoms with van der Waals surface area (Å²) in [4.78, 5) is 12.3. The lowest BCUT2D eigenvalue weighted by molar-refractivity contribution is -0.113. The minimum absolute atomic E-state index is 0.109. The molecule has 0 unspecified atom stereocenters. The molecule has 1 N–H and O–H groups in total. The maximum absolute atomic E-state index is 12.1. The monoisotopic (exact) mass is 366 g/mol. The Kier molecular flexibility index (Phi) is 4.64. The van der Waals surface area contributed by atoms with Crippen molar-refractivity contribution in [1.29, 1.82) is 0 Å². The van der Waals surface area contributed by atoms with Crippen molar-refractivity contribution in [2.75, 3.05) is 17.3 Å². The summed E-state index contributed by atoms with van der Waals surface area (Å²) in [6.07, 6.45) is 3.39. The molecular weight excluding hydrogens is 348 g/mol. The highest BCUT2D eigenvalue weighted by molar-refractivity contribution is 7.99. The SMILES string of the molecule is Cn1c(SCC(=O)Nc2ccccc2S(C)(=O)=O)nnc1C1CC1. The largest absolute Gasteiger partial charge is 0.324 e. The zero-order valence-corrected chi connectivity index (χ0v) is 15.0. The lowest BCUT2D eigenvalue weighted by atomic mass is 10.3. The molecule has 1 saturated carbocycles. The summed E-state index contributed by atoms with van der Waals surface area (Å²) < 4.78 is 25.4. The Morgan fingerprint density at radius 2 is 2.04 bits per heavy atom. The van der Waals surface area contributed by atoms with Crippen LogP contribution in [0.25, 0.3) is 0 Å². The van der Waals surface area contributed by atoms with Crippen molar-refractivity contribution in [3.05, 3.63) is 30.1 Å². The highest BCUT2D eigenvalue weighted by Crippen LogP contribution is 2.39. The van der Waals surface area contributed by atoms with Crippen molar-refractivity contribution in [2.45, 2.75) is 28.8 Å². The Morgan fingerprint density at radius 1 is 1.33 bits per heavy atom. The van der Waals surface area contributed by atoms with E-state index in [2.05, 4.69) is 15.5 Å². The predicted molar refractivity (Wildman–Crippen MR) is 91.9 cm³/mol. The third kappa shape index (κ3) is 3.78. The molecule has 1 aliphatic rings. The van der Waals surface area contributed by atoms with Crippen LogP contribution in [0.4, 0.5) is 5.69 Å². The fraction of sp³-hybridized carbons (Fsp3) is 0.400.